The van der Waals surface area contributed by atoms with E-state index in [2.05, 4.69) is 0 Å². The Morgan fingerprint density at radius 3 is 2.13 bits per heavy atom. The van der Waals surface area contributed by atoms with Crippen molar-refractivity contribution in [3.05, 3.63) is 0 Å². The quantitative estimate of drug-likeness (QED) is 0.795. The Kier molecular flexibility index (Phi) is 4.40. The molecule has 1 aliphatic rings. The SMILES string of the molecule is CCN(CC(F)(F)F)C1CCC(O)CC1. The van der Waals surface area contributed by atoms with Crippen LogP contribution in [0.3, 0.4) is 0 Å². The molecule has 1 rings (SSSR count). The number of halogens is 3. The summed E-state index contributed by atoms with van der Waals surface area (Å²) in [6, 6.07) is -0.0139. The molecule has 1 saturated carbocycles. The summed E-state index contributed by atoms with van der Waals surface area (Å²) >= 11 is 0. The highest BCUT2D eigenvalue weighted by atomic mass is 19.4. The van der Waals surface area contributed by atoms with Gasteiger partial charge in [-0.15, -0.1) is 0 Å². The largest absolute Gasteiger partial charge is 0.401 e. The van der Waals surface area contributed by atoms with E-state index in [0.29, 0.717) is 32.2 Å². The molecule has 0 unspecified atom stereocenters. The molecular weight excluding hydrogens is 207 g/mol. The lowest BCUT2D eigenvalue weighted by molar-refractivity contribution is -0.152. The molecule has 1 N–H and O–H groups in total. The second kappa shape index (κ2) is 5.16. The minimum Gasteiger partial charge on any atom is -0.393 e. The predicted molar refractivity (Wildman–Crippen MR) is 51.6 cm³/mol. The van der Waals surface area contributed by atoms with Crippen molar-refractivity contribution >= 4 is 0 Å². The maximum Gasteiger partial charge on any atom is 0.401 e. The van der Waals surface area contributed by atoms with Gasteiger partial charge in [0.25, 0.3) is 0 Å². The number of nitrogens with zero attached hydrogens (tertiary/aromatic N) is 1. The number of hydrogen-bond donors (Lipinski definition) is 1. The van der Waals surface area contributed by atoms with Crippen LogP contribution in [-0.2, 0) is 0 Å². The van der Waals surface area contributed by atoms with Crippen LogP contribution in [0.1, 0.15) is 32.6 Å². The molecular formula is C10H18F3NO. The normalized spacial score (nSPS) is 28.4. The molecule has 0 aromatic rings. The van der Waals surface area contributed by atoms with E-state index >= 15 is 0 Å². The first-order valence-corrected chi connectivity index (χ1v) is 5.41. The second-order valence-corrected chi connectivity index (χ2v) is 4.14. The lowest BCUT2D eigenvalue weighted by Crippen LogP contribution is -2.43. The number of hydrogen-bond acceptors (Lipinski definition) is 2. The first kappa shape index (κ1) is 12.8. The van der Waals surface area contributed by atoms with Gasteiger partial charge in [-0.25, -0.2) is 0 Å². The van der Waals surface area contributed by atoms with E-state index in [1.54, 1.807) is 6.92 Å². The molecule has 1 aliphatic carbocycles. The molecule has 0 amide bonds. The fraction of sp³-hybridized carbons (Fsp3) is 1.00. The molecule has 0 aromatic carbocycles. The van der Waals surface area contributed by atoms with Crippen molar-refractivity contribution < 1.29 is 18.3 Å². The Labute approximate surface area is 88.1 Å². The number of aliphatic hydroxyl groups is 1. The molecule has 0 spiro atoms. The van der Waals surface area contributed by atoms with Crippen molar-refractivity contribution in [2.24, 2.45) is 0 Å². The van der Waals surface area contributed by atoms with Gasteiger partial charge in [0.15, 0.2) is 0 Å². The molecule has 5 heteroatoms. The molecule has 15 heavy (non-hydrogen) atoms. The molecule has 0 aliphatic heterocycles. The minimum atomic E-state index is -4.12. The van der Waals surface area contributed by atoms with Crippen molar-refractivity contribution in [3.63, 3.8) is 0 Å². The van der Waals surface area contributed by atoms with Gasteiger partial charge in [-0.2, -0.15) is 13.2 Å². The average molecular weight is 225 g/mol. The van der Waals surface area contributed by atoms with Crippen molar-refractivity contribution in [1.82, 2.24) is 4.90 Å². The molecule has 0 aromatic heterocycles. The highest BCUT2D eigenvalue weighted by molar-refractivity contribution is 4.80. The average Bonchev–Trinajstić information content (AvgIpc) is 2.14. The van der Waals surface area contributed by atoms with Crippen LogP contribution in [-0.4, -0.2) is 41.4 Å². The first-order valence-electron chi connectivity index (χ1n) is 5.41. The Balaban J connectivity index is 2.44. The fourth-order valence-electron chi connectivity index (χ4n) is 2.15. The Morgan fingerprint density at radius 2 is 1.73 bits per heavy atom. The molecule has 90 valence electrons. The van der Waals surface area contributed by atoms with E-state index in [0.717, 1.165) is 0 Å². The Hall–Kier alpha value is -0.290. The third-order valence-corrected chi connectivity index (χ3v) is 2.97. The minimum absolute atomic E-state index is 0.0139. The van der Waals surface area contributed by atoms with E-state index in [-0.39, 0.29) is 12.1 Å². The third kappa shape index (κ3) is 4.38. The maximum atomic E-state index is 12.2. The van der Waals surface area contributed by atoms with Crippen LogP contribution in [0.15, 0.2) is 0 Å². The molecule has 1 fully saturated rings. The van der Waals surface area contributed by atoms with Crippen LogP contribution in [0.25, 0.3) is 0 Å². The van der Waals surface area contributed by atoms with Crippen LogP contribution in [0.2, 0.25) is 0 Å². The molecule has 0 bridgehead atoms. The second-order valence-electron chi connectivity index (χ2n) is 4.14. The molecule has 0 saturated heterocycles. The van der Waals surface area contributed by atoms with Gasteiger partial charge in [0.1, 0.15) is 0 Å². The van der Waals surface area contributed by atoms with Crippen molar-refractivity contribution in [1.29, 1.82) is 0 Å². The fourth-order valence-corrected chi connectivity index (χ4v) is 2.15. The zero-order chi connectivity index (χ0) is 11.5. The van der Waals surface area contributed by atoms with Gasteiger partial charge in [-0.3, -0.25) is 4.90 Å². The van der Waals surface area contributed by atoms with Gasteiger partial charge in [-0.1, -0.05) is 6.92 Å². The summed E-state index contributed by atoms with van der Waals surface area (Å²) in [6.45, 7) is 1.33. The predicted octanol–water partition coefficient (Wildman–Crippen LogP) is 2.17. The molecule has 0 radical (unpaired) electrons. The standard InChI is InChI=1S/C10H18F3NO/c1-2-14(7-10(11,12)13)8-3-5-9(15)6-4-8/h8-9,15H,2-7H2,1H3. The van der Waals surface area contributed by atoms with Crippen molar-refractivity contribution in [2.45, 2.75) is 50.9 Å². The number of aliphatic hydroxyl groups excluding tert-OH is 1. The summed E-state index contributed by atoms with van der Waals surface area (Å²) in [6.07, 6.45) is -1.84. The lowest BCUT2D eigenvalue weighted by Gasteiger charge is -2.35. The third-order valence-electron chi connectivity index (χ3n) is 2.97. The summed E-state index contributed by atoms with van der Waals surface area (Å²) in [5.74, 6) is 0. The van der Waals surface area contributed by atoms with Crippen molar-refractivity contribution in [2.75, 3.05) is 13.1 Å². The van der Waals surface area contributed by atoms with Gasteiger partial charge in [-0.05, 0) is 32.2 Å². The summed E-state index contributed by atoms with van der Waals surface area (Å²) in [5, 5.41) is 9.27. The van der Waals surface area contributed by atoms with E-state index in [1.165, 1.54) is 4.90 Å². The number of rotatable bonds is 3. The molecule has 2 nitrogen and oxygen atoms in total. The summed E-state index contributed by atoms with van der Waals surface area (Å²) in [7, 11) is 0. The molecule has 0 atom stereocenters. The van der Waals surface area contributed by atoms with Crippen LogP contribution < -0.4 is 0 Å². The Bertz CT molecular complexity index is 188. The van der Waals surface area contributed by atoms with Gasteiger partial charge in [0.2, 0.25) is 0 Å². The molecule has 0 heterocycles. The smallest absolute Gasteiger partial charge is 0.393 e. The van der Waals surface area contributed by atoms with Crippen LogP contribution in [0.5, 0.6) is 0 Å². The van der Waals surface area contributed by atoms with Crippen LogP contribution in [0.4, 0.5) is 13.2 Å². The zero-order valence-corrected chi connectivity index (χ0v) is 8.93. The van der Waals surface area contributed by atoms with Gasteiger partial charge in [0, 0.05) is 6.04 Å². The van der Waals surface area contributed by atoms with E-state index < -0.39 is 12.7 Å². The van der Waals surface area contributed by atoms with Gasteiger partial charge >= 0.3 is 6.18 Å². The van der Waals surface area contributed by atoms with Crippen molar-refractivity contribution in [3.8, 4) is 0 Å². The van der Waals surface area contributed by atoms with Crippen LogP contribution in [0, 0.1) is 0 Å². The maximum absolute atomic E-state index is 12.2. The highest BCUT2D eigenvalue weighted by Crippen LogP contribution is 2.26. The number of alkyl halides is 3. The van der Waals surface area contributed by atoms with E-state index in [9.17, 15) is 18.3 Å². The lowest BCUT2D eigenvalue weighted by atomic mass is 9.92. The monoisotopic (exact) mass is 225 g/mol. The zero-order valence-electron chi connectivity index (χ0n) is 8.93. The summed E-state index contributed by atoms with van der Waals surface area (Å²) in [4.78, 5) is 1.46. The van der Waals surface area contributed by atoms with Gasteiger partial charge in [0.05, 0.1) is 12.6 Å². The summed E-state index contributed by atoms with van der Waals surface area (Å²) < 4.78 is 36.7. The van der Waals surface area contributed by atoms with E-state index in [4.69, 9.17) is 0 Å². The Morgan fingerprint density at radius 1 is 1.20 bits per heavy atom. The van der Waals surface area contributed by atoms with Crippen LogP contribution >= 0.6 is 0 Å². The van der Waals surface area contributed by atoms with Gasteiger partial charge < -0.3 is 5.11 Å². The summed E-state index contributed by atoms with van der Waals surface area (Å²) in [5.41, 5.74) is 0. The topological polar surface area (TPSA) is 23.5 Å². The first-order chi connectivity index (χ1) is 6.92. The highest BCUT2D eigenvalue weighted by Gasteiger charge is 2.34. The van der Waals surface area contributed by atoms with E-state index in [1.807, 2.05) is 0 Å².